The fourth-order valence-electron chi connectivity index (χ4n) is 3.93. The number of halogens is 1. The first-order valence-electron chi connectivity index (χ1n) is 10.2. The number of carbonyl (C=O) groups excluding carboxylic acids is 2. The first-order chi connectivity index (χ1) is 14.8. The van der Waals surface area contributed by atoms with Crippen LogP contribution in [0.2, 0.25) is 5.02 Å². The molecule has 0 saturated heterocycles. The van der Waals surface area contributed by atoms with E-state index in [1.54, 1.807) is 30.8 Å². The summed E-state index contributed by atoms with van der Waals surface area (Å²) in [4.78, 5) is 26.0. The van der Waals surface area contributed by atoms with Crippen LogP contribution in [0.15, 0.2) is 59.6 Å². The van der Waals surface area contributed by atoms with E-state index in [0.717, 1.165) is 33.0 Å². The number of benzene rings is 2. The van der Waals surface area contributed by atoms with Crippen LogP contribution in [-0.2, 0) is 16.1 Å². The van der Waals surface area contributed by atoms with Crippen molar-refractivity contribution in [1.82, 2.24) is 4.57 Å². The van der Waals surface area contributed by atoms with Crippen molar-refractivity contribution in [3.8, 4) is 22.3 Å². The lowest BCUT2D eigenvalue weighted by Crippen LogP contribution is -2.30. The summed E-state index contributed by atoms with van der Waals surface area (Å²) in [7, 11) is 0. The van der Waals surface area contributed by atoms with Gasteiger partial charge in [0, 0.05) is 28.4 Å². The highest BCUT2D eigenvalue weighted by molar-refractivity contribution is 7.99. The van der Waals surface area contributed by atoms with Gasteiger partial charge in [-0.15, -0.1) is 11.8 Å². The molecule has 2 heterocycles. The highest BCUT2D eigenvalue weighted by Gasteiger charge is 2.37. The molecule has 0 N–H and O–H groups in total. The Balaban J connectivity index is 2.06. The average molecular weight is 454 g/mol. The zero-order valence-electron chi connectivity index (χ0n) is 17.8. The van der Waals surface area contributed by atoms with E-state index >= 15 is 0 Å². The van der Waals surface area contributed by atoms with E-state index in [9.17, 15) is 9.59 Å². The Morgan fingerprint density at radius 2 is 1.68 bits per heavy atom. The number of aromatic nitrogens is 1. The second kappa shape index (κ2) is 8.56. The second-order valence-corrected chi connectivity index (χ2v) is 9.77. The Kier molecular flexibility index (Phi) is 6.00. The second-order valence-electron chi connectivity index (χ2n) is 8.37. The molecule has 0 saturated carbocycles. The van der Waals surface area contributed by atoms with Crippen molar-refractivity contribution >= 4 is 35.1 Å². The summed E-state index contributed by atoms with van der Waals surface area (Å²) in [5.74, 6) is -0.524. The van der Waals surface area contributed by atoms with E-state index in [0.29, 0.717) is 17.3 Å². The molecule has 0 bridgehead atoms. The minimum absolute atomic E-state index is 0.0222. The van der Waals surface area contributed by atoms with E-state index in [1.165, 1.54) is 0 Å². The van der Waals surface area contributed by atoms with Gasteiger partial charge in [0.1, 0.15) is 5.69 Å². The normalized spacial score (nSPS) is 14.7. The number of Topliss-reactive ketones (excluding diaryl/α,β-unsaturated/α-hetero) is 1. The molecule has 160 valence electrons. The van der Waals surface area contributed by atoms with Crippen LogP contribution >= 0.6 is 23.4 Å². The Labute approximate surface area is 191 Å². The molecule has 4 rings (SSSR count). The van der Waals surface area contributed by atoms with Gasteiger partial charge in [-0.1, -0.05) is 67.9 Å². The standard InChI is InChI=1S/C25H24ClNO3S/c1-4-30-24(29)22(28)21-19(17-10-12-18(26)13-11-17)20(16-8-6-5-7-9-16)23-27(21)14-25(2,3)15-31-23/h5-13H,4,14-15H2,1-3H3. The quantitative estimate of drug-likeness (QED) is 0.256. The Hall–Kier alpha value is -2.50. The van der Waals surface area contributed by atoms with Gasteiger partial charge in [-0.2, -0.15) is 0 Å². The molecular formula is C25H24ClNO3S. The Morgan fingerprint density at radius 1 is 1.03 bits per heavy atom. The van der Waals surface area contributed by atoms with Crippen LogP contribution in [0.25, 0.3) is 22.3 Å². The lowest BCUT2D eigenvalue weighted by atomic mass is 9.95. The monoisotopic (exact) mass is 453 g/mol. The van der Waals surface area contributed by atoms with Gasteiger partial charge < -0.3 is 9.30 Å². The summed E-state index contributed by atoms with van der Waals surface area (Å²) in [5, 5.41) is 1.62. The molecule has 0 atom stereocenters. The minimum Gasteiger partial charge on any atom is -0.460 e. The van der Waals surface area contributed by atoms with E-state index < -0.39 is 11.8 Å². The molecule has 4 nitrogen and oxygen atoms in total. The van der Waals surface area contributed by atoms with Crippen molar-refractivity contribution in [1.29, 1.82) is 0 Å². The molecule has 2 aromatic carbocycles. The first-order valence-corrected chi connectivity index (χ1v) is 11.6. The van der Waals surface area contributed by atoms with Crippen LogP contribution in [0.3, 0.4) is 0 Å². The zero-order valence-corrected chi connectivity index (χ0v) is 19.3. The Morgan fingerprint density at radius 3 is 2.32 bits per heavy atom. The third-order valence-electron chi connectivity index (χ3n) is 5.27. The Bertz CT molecular complexity index is 1130. The number of carbonyl (C=O) groups is 2. The molecule has 0 fully saturated rings. The summed E-state index contributed by atoms with van der Waals surface area (Å²) >= 11 is 7.86. The molecule has 0 aliphatic carbocycles. The summed E-state index contributed by atoms with van der Waals surface area (Å²) in [6.45, 7) is 6.84. The van der Waals surface area contributed by atoms with Gasteiger partial charge in [0.2, 0.25) is 0 Å². The first kappa shape index (κ1) is 21.7. The summed E-state index contributed by atoms with van der Waals surface area (Å²) in [6, 6.07) is 17.4. The predicted octanol–water partition coefficient (Wildman–Crippen LogP) is 6.35. The number of nitrogens with zero attached hydrogens (tertiary/aromatic N) is 1. The van der Waals surface area contributed by atoms with Crippen molar-refractivity contribution in [2.24, 2.45) is 5.41 Å². The maximum atomic E-state index is 13.4. The molecule has 1 aromatic heterocycles. The molecule has 0 unspecified atom stereocenters. The molecule has 31 heavy (non-hydrogen) atoms. The third-order valence-corrected chi connectivity index (χ3v) is 7.15. The van der Waals surface area contributed by atoms with Gasteiger partial charge in [0.05, 0.1) is 11.6 Å². The SMILES string of the molecule is CCOC(=O)C(=O)c1c(-c2ccc(Cl)cc2)c(-c2ccccc2)c2n1CC(C)(C)CS2. The molecule has 1 aliphatic rings. The zero-order chi connectivity index (χ0) is 22.2. The van der Waals surface area contributed by atoms with E-state index in [2.05, 4.69) is 13.8 Å². The maximum Gasteiger partial charge on any atom is 0.381 e. The summed E-state index contributed by atoms with van der Waals surface area (Å²) in [6.07, 6.45) is 0. The van der Waals surface area contributed by atoms with Crippen LogP contribution in [0.4, 0.5) is 0 Å². The van der Waals surface area contributed by atoms with Gasteiger partial charge in [0.15, 0.2) is 0 Å². The van der Waals surface area contributed by atoms with Gasteiger partial charge >= 0.3 is 5.97 Å². The molecule has 6 heteroatoms. The highest BCUT2D eigenvalue weighted by Crippen LogP contribution is 2.49. The van der Waals surface area contributed by atoms with Crippen molar-refractivity contribution < 1.29 is 14.3 Å². The largest absolute Gasteiger partial charge is 0.460 e. The van der Waals surface area contributed by atoms with E-state index in [1.807, 2.05) is 47.0 Å². The number of thioether (sulfide) groups is 1. The van der Waals surface area contributed by atoms with Crippen molar-refractivity contribution in [2.45, 2.75) is 32.3 Å². The topological polar surface area (TPSA) is 48.3 Å². The average Bonchev–Trinajstić information content (AvgIpc) is 3.07. The number of rotatable bonds is 5. The lowest BCUT2D eigenvalue weighted by molar-refractivity contribution is -0.137. The minimum atomic E-state index is -0.828. The van der Waals surface area contributed by atoms with Crippen LogP contribution < -0.4 is 0 Å². The highest BCUT2D eigenvalue weighted by atomic mass is 35.5. The van der Waals surface area contributed by atoms with Crippen molar-refractivity contribution in [3.05, 3.63) is 65.3 Å². The van der Waals surface area contributed by atoms with Gasteiger partial charge in [0.25, 0.3) is 5.78 Å². The van der Waals surface area contributed by atoms with Crippen molar-refractivity contribution in [2.75, 3.05) is 12.4 Å². The van der Waals surface area contributed by atoms with Crippen LogP contribution in [0, 0.1) is 5.41 Å². The molecule has 0 spiro atoms. The van der Waals surface area contributed by atoms with Gasteiger partial charge in [-0.3, -0.25) is 4.79 Å². The van der Waals surface area contributed by atoms with Crippen LogP contribution in [-0.4, -0.2) is 28.7 Å². The van der Waals surface area contributed by atoms with E-state index in [4.69, 9.17) is 16.3 Å². The third kappa shape index (κ3) is 4.17. The maximum absolute atomic E-state index is 13.4. The number of ether oxygens (including phenoxy) is 1. The van der Waals surface area contributed by atoms with Gasteiger partial charge in [-0.25, -0.2) is 4.79 Å². The molecule has 0 radical (unpaired) electrons. The molecule has 3 aromatic rings. The smallest absolute Gasteiger partial charge is 0.381 e. The number of hydrogen-bond acceptors (Lipinski definition) is 4. The molecule has 0 amide bonds. The summed E-state index contributed by atoms with van der Waals surface area (Å²) in [5.41, 5.74) is 3.93. The number of ketones is 1. The fourth-order valence-corrected chi connectivity index (χ4v) is 5.36. The molecular weight excluding hydrogens is 430 g/mol. The fraction of sp³-hybridized carbons (Fsp3) is 0.280. The van der Waals surface area contributed by atoms with Crippen LogP contribution in [0.1, 0.15) is 31.3 Å². The van der Waals surface area contributed by atoms with Crippen molar-refractivity contribution in [3.63, 3.8) is 0 Å². The van der Waals surface area contributed by atoms with Crippen LogP contribution in [0.5, 0.6) is 0 Å². The van der Waals surface area contributed by atoms with Gasteiger partial charge in [-0.05, 0) is 35.6 Å². The summed E-state index contributed by atoms with van der Waals surface area (Å²) < 4.78 is 7.11. The van der Waals surface area contributed by atoms with E-state index in [-0.39, 0.29) is 12.0 Å². The number of fused-ring (bicyclic) bond motifs is 1. The number of hydrogen-bond donors (Lipinski definition) is 0. The number of esters is 1. The molecule has 1 aliphatic heterocycles. The predicted molar refractivity (Wildman–Crippen MR) is 126 cm³/mol. The lowest BCUT2D eigenvalue weighted by Gasteiger charge is -2.32.